The summed E-state index contributed by atoms with van der Waals surface area (Å²) in [5.41, 5.74) is 0.306. The van der Waals surface area contributed by atoms with E-state index in [2.05, 4.69) is 4.98 Å². The van der Waals surface area contributed by atoms with E-state index >= 15 is 0 Å². The summed E-state index contributed by atoms with van der Waals surface area (Å²) in [6, 6.07) is 8.78. The van der Waals surface area contributed by atoms with Crippen molar-refractivity contribution in [3.63, 3.8) is 0 Å². The van der Waals surface area contributed by atoms with Crippen molar-refractivity contribution >= 4 is 10.9 Å². The Morgan fingerprint density at radius 2 is 1.95 bits per heavy atom. The van der Waals surface area contributed by atoms with Crippen molar-refractivity contribution in [3.8, 4) is 28.7 Å². The van der Waals surface area contributed by atoms with E-state index in [0.29, 0.717) is 11.1 Å². The minimum absolute atomic E-state index is 0.0192. The first-order valence-electron chi connectivity index (χ1n) is 6.10. The van der Waals surface area contributed by atoms with Crippen LogP contribution in [0.4, 0.5) is 0 Å². The van der Waals surface area contributed by atoms with Crippen molar-refractivity contribution in [3.05, 3.63) is 46.8 Å². The van der Waals surface area contributed by atoms with Gasteiger partial charge in [0.15, 0.2) is 11.5 Å². The maximum atomic E-state index is 11.9. The van der Waals surface area contributed by atoms with Crippen molar-refractivity contribution in [2.45, 2.75) is 0 Å². The highest BCUT2D eigenvalue weighted by Gasteiger charge is 2.11. The third kappa shape index (κ3) is 2.27. The number of rotatable bonds is 2. The first-order chi connectivity index (χ1) is 10.1. The predicted octanol–water partition coefficient (Wildman–Crippen LogP) is 2.27. The number of phenolic OH excluding ortho intramolecular Hbond substituents is 2. The molecule has 2 N–H and O–H groups in total. The number of nitrogens with zero attached hydrogens (tertiary/aromatic N) is 1. The zero-order valence-electron chi connectivity index (χ0n) is 11.0. The molecular formula is C15H11NO5. The fraction of sp³-hybridized carbons (Fsp3) is 0.0667. The molecule has 106 valence electrons. The highest BCUT2D eigenvalue weighted by atomic mass is 16.5. The molecule has 0 spiro atoms. The Balaban J connectivity index is 2.21. The lowest BCUT2D eigenvalue weighted by Crippen LogP contribution is -2.02. The number of hydrogen-bond donors (Lipinski definition) is 2. The molecule has 0 saturated heterocycles. The maximum Gasteiger partial charge on any atom is 0.347 e. The summed E-state index contributed by atoms with van der Waals surface area (Å²) >= 11 is 0. The molecule has 21 heavy (non-hydrogen) atoms. The number of ether oxygens (including phenoxy) is 1. The second-order valence-electron chi connectivity index (χ2n) is 4.39. The van der Waals surface area contributed by atoms with E-state index in [1.165, 1.54) is 37.4 Å². The Morgan fingerprint density at radius 1 is 1.14 bits per heavy atom. The van der Waals surface area contributed by atoms with Gasteiger partial charge in [0.05, 0.1) is 18.0 Å². The van der Waals surface area contributed by atoms with Gasteiger partial charge in [0, 0.05) is 5.56 Å². The summed E-state index contributed by atoms with van der Waals surface area (Å²) in [6.45, 7) is 0. The molecule has 1 heterocycles. The van der Waals surface area contributed by atoms with Crippen LogP contribution in [0.2, 0.25) is 0 Å². The van der Waals surface area contributed by atoms with Crippen LogP contribution in [0.15, 0.2) is 45.6 Å². The summed E-state index contributed by atoms with van der Waals surface area (Å²) in [5.74, 6) is 0.309. The van der Waals surface area contributed by atoms with Gasteiger partial charge in [-0.2, -0.15) is 0 Å². The molecular weight excluding hydrogens is 274 g/mol. The van der Waals surface area contributed by atoms with Crippen molar-refractivity contribution in [2.24, 2.45) is 0 Å². The quantitative estimate of drug-likeness (QED) is 0.750. The van der Waals surface area contributed by atoms with Crippen LogP contribution in [0.1, 0.15) is 0 Å². The lowest BCUT2D eigenvalue weighted by Gasteiger charge is -2.06. The number of fused-ring (bicyclic) bond motifs is 1. The van der Waals surface area contributed by atoms with Crippen LogP contribution in [0.3, 0.4) is 0 Å². The van der Waals surface area contributed by atoms with Crippen LogP contribution in [0, 0.1) is 0 Å². The number of aromatic nitrogens is 1. The molecule has 0 aliphatic heterocycles. The van der Waals surface area contributed by atoms with Crippen molar-refractivity contribution in [1.82, 2.24) is 4.98 Å². The van der Waals surface area contributed by atoms with Gasteiger partial charge in [-0.25, -0.2) is 9.78 Å². The van der Waals surface area contributed by atoms with Gasteiger partial charge < -0.3 is 19.4 Å². The minimum Gasteiger partial charge on any atom is -0.508 e. The Hall–Kier alpha value is -3.02. The van der Waals surface area contributed by atoms with E-state index in [1.807, 2.05) is 0 Å². The Labute approximate surface area is 118 Å². The summed E-state index contributed by atoms with van der Waals surface area (Å²) in [5, 5.41) is 19.2. The first kappa shape index (κ1) is 13.0. The van der Waals surface area contributed by atoms with Crippen molar-refractivity contribution in [2.75, 3.05) is 7.11 Å². The fourth-order valence-corrected chi connectivity index (χ4v) is 1.99. The molecule has 0 aliphatic rings. The summed E-state index contributed by atoms with van der Waals surface area (Å²) in [7, 11) is 1.42. The van der Waals surface area contributed by atoms with Gasteiger partial charge in [-0.05, 0) is 36.4 Å². The largest absolute Gasteiger partial charge is 0.508 e. The normalized spacial score (nSPS) is 10.7. The van der Waals surface area contributed by atoms with E-state index < -0.39 is 5.63 Å². The minimum atomic E-state index is -0.599. The van der Waals surface area contributed by atoms with Crippen LogP contribution < -0.4 is 10.4 Å². The lowest BCUT2D eigenvalue weighted by atomic mass is 10.2. The molecule has 3 rings (SSSR count). The lowest BCUT2D eigenvalue weighted by molar-refractivity contribution is 0.373. The van der Waals surface area contributed by atoms with Gasteiger partial charge in [-0.3, -0.25) is 0 Å². The molecule has 0 radical (unpaired) electrons. The molecule has 3 aromatic rings. The van der Waals surface area contributed by atoms with Gasteiger partial charge in [0.25, 0.3) is 0 Å². The van der Waals surface area contributed by atoms with E-state index in [-0.39, 0.29) is 28.5 Å². The smallest absolute Gasteiger partial charge is 0.347 e. The van der Waals surface area contributed by atoms with Crippen molar-refractivity contribution in [1.29, 1.82) is 0 Å². The standard InChI is InChI=1S/C15H11NO5/c1-20-13-6-8(2-5-12(13)18)14-16-11-4-3-9(17)7-10(11)15(19)21-14/h2-7,17-18H,1H3. The third-order valence-corrected chi connectivity index (χ3v) is 3.04. The van der Waals surface area contributed by atoms with E-state index in [0.717, 1.165) is 0 Å². The number of hydrogen-bond acceptors (Lipinski definition) is 6. The Bertz CT molecular complexity index is 885. The number of aromatic hydroxyl groups is 2. The molecule has 0 saturated carbocycles. The molecule has 6 nitrogen and oxygen atoms in total. The highest BCUT2D eigenvalue weighted by Crippen LogP contribution is 2.30. The molecule has 0 bridgehead atoms. The monoisotopic (exact) mass is 285 g/mol. The van der Waals surface area contributed by atoms with Gasteiger partial charge >= 0.3 is 5.63 Å². The highest BCUT2D eigenvalue weighted by molar-refractivity contribution is 5.80. The predicted molar refractivity (Wildman–Crippen MR) is 75.6 cm³/mol. The second-order valence-corrected chi connectivity index (χ2v) is 4.39. The third-order valence-electron chi connectivity index (χ3n) is 3.04. The average molecular weight is 285 g/mol. The molecule has 0 fully saturated rings. The number of methoxy groups -OCH3 is 1. The molecule has 0 aliphatic carbocycles. The summed E-state index contributed by atoms with van der Waals surface area (Å²) in [4.78, 5) is 16.2. The zero-order chi connectivity index (χ0) is 15.0. The SMILES string of the molecule is COc1cc(-c2nc3ccc(O)cc3c(=O)o2)ccc1O. The van der Waals surface area contributed by atoms with Crippen LogP contribution in [0.25, 0.3) is 22.4 Å². The molecule has 0 atom stereocenters. The Kier molecular flexibility index (Phi) is 2.98. The van der Waals surface area contributed by atoms with Crippen LogP contribution in [0.5, 0.6) is 17.2 Å². The number of benzene rings is 2. The van der Waals surface area contributed by atoms with Crippen molar-refractivity contribution < 1.29 is 19.4 Å². The molecule has 0 unspecified atom stereocenters. The molecule has 6 heteroatoms. The molecule has 0 amide bonds. The van der Waals surface area contributed by atoms with Gasteiger partial charge in [-0.1, -0.05) is 0 Å². The first-order valence-corrected chi connectivity index (χ1v) is 6.10. The summed E-state index contributed by atoms with van der Waals surface area (Å²) < 4.78 is 10.2. The summed E-state index contributed by atoms with van der Waals surface area (Å²) in [6.07, 6.45) is 0. The molecule has 1 aromatic heterocycles. The van der Waals surface area contributed by atoms with Gasteiger partial charge in [0.1, 0.15) is 5.75 Å². The van der Waals surface area contributed by atoms with Gasteiger partial charge in [0.2, 0.25) is 5.89 Å². The maximum absolute atomic E-state index is 11.9. The molecule has 2 aromatic carbocycles. The topological polar surface area (TPSA) is 92.8 Å². The van der Waals surface area contributed by atoms with E-state index in [9.17, 15) is 15.0 Å². The van der Waals surface area contributed by atoms with E-state index in [1.54, 1.807) is 6.07 Å². The zero-order valence-corrected chi connectivity index (χ0v) is 11.0. The Morgan fingerprint density at radius 3 is 2.71 bits per heavy atom. The van der Waals surface area contributed by atoms with E-state index in [4.69, 9.17) is 9.15 Å². The van der Waals surface area contributed by atoms with Crippen LogP contribution in [-0.4, -0.2) is 22.3 Å². The van der Waals surface area contributed by atoms with Gasteiger partial charge in [-0.15, -0.1) is 0 Å². The average Bonchev–Trinajstić information content (AvgIpc) is 2.48. The van der Waals surface area contributed by atoms with Crippen LogP contribution >= 0.6 is 0 Å². The number of phenols is 2. The second kappa shape index (κ2) is 4.82. The fourth-order valence-electron chi connectivity index (χ4n) is 1.99. The van der Waals surface area contributed by atoms with Crippen LogP contribution in [-0.2, 0) is 0 Å².